The number of fused-ring (bicyclic) bond motifs is 1. The fourth-order valence-corrected chi connectivity index (χ4v) is 6.14. The van der Waals surface area contributed by atoms with Gasteiger partial charge in [-0.3, -0.25) is 19.6 Å². The number of aliphatic carboxylic acids is 1. The molecule has 0 aromatic carbocycles. The van der Waals surface area contributed by atoms with Crippen LogP contribution < -0.4 is 20.7 Å². The summed E-state index contributed by atoms with van der Waals surface area (Å²) in [5, 5.41) is 26.8. The molecule has 5 rings (SSSR count). The molecule has 4 N–H and O–H groups in total. The molecule has 2 amide bonds. The van der Waals surface area contributed by atoms with Gasteiger partial charge in [-0.25, -0.2) is 9.55 Å². The number of thiazole rings is 1. The quantitative estimate of drug-likeness (QED) is 0.138. The number of rotatable bonds is 8. The standard InChI is InChI=1S/C23H22N8O5S2/c1-11-6-14(28-27-11)12-4-3-5-30(7-12)8-13-9-37-21-17(20(33)31(21)18(13)22(34)35)26-19(32)16(29-36-2)15-10-38-23(24)25-15/h3-7,10,17,21H,8-9H2,1-2H3,(H4-,24,25,26,27,28,32,34,35)/b29-16+/t17-,21-/m1/s1. The molecule has 0 aliphatic carbocycles. The second-order valence-electron chi connectivity index (χ2n) is 8.50. The maximum absolute atomic E-state index is 13.1. The van der Waals surface area contributed by atoms with Crippen molar-refractivity contribution in [3.05, 3.63) is 58.6 Å². The minimum atomic E-state index is -1.46. The summed E-state index contributed by atoms with van der Waals surface area (Å²) in [6.45, 7) is 2.14. The Hall–Kier alpha value is -4.24. The Morgan fingerprint density at radius 3 is 2.92 bits per heavy atom. The molecular formula is C23H22N8O5S2. The number of aromatic nitrogens is 4. The minimum Gasteiger partial charge on any atom is -0.543 e. The molecule has 0 bridgehead atoms. The van der Waals surface area contributed by atoms with E-state index in [0.29, 0.717) is 11.3 Å². The number of carboxylic acid groups (broad SMARTS) is 1. The summed E-state index contributed by atoms with van der Waals surface area (Å²) < 4.78 is 1.83. The van der Waals surface area contributed by atoms with Crippen molar-refractivity contribution < 1.29 is 28.9 Å². The van der Waals surface area contributed by atoms with Crippen molar-refractivity contribution in [2.45, 2.75) is 24.9 Å². The lowest BCUT2D eigenvalue weighted by atomic mass is 10.0. The molecule has 2 atom stereocenters. The van der Waals surface area contributed by atoms with Gasteiger partial charge in [-0.05, 0) is 19.1 Å². The summed E-state index contributed by atoms with van der Waals surface area (Å²) in [4.78, 5) is 48.1. The van der Waals surface area contributed by atoms with Crippen LogP contribution in [0.2, 0.25) is 0 Å². The van der Waals surface area contributed by atoms with Crippen molar-refractivity contribution in [2.24, 2.45) is 5.16 Å². The zero-order valence-electron chi connectivity index (χ0n) is 20.2. The first kappa shape index (κ1) is 25.4. The fraction of sp³-hybridized carbons (Fsp3) is 0.261. The van der Waals surface area contributed by atoms with Gasteiger partial charge in [0, 0.05) is 28.5 Å². The molecule has 196 valence electrons. The maximum Gasteiger partial charge on any atom is 0.276 e. The molecule has 0 spiro atoms. The monoisotopic (exact) mass is 554 g/mol. The Balaban J connectivity index is 1.35. The van der Waals surface area contributed by atoms with Crippen LogP contribution in [0.4, 0.5) is 5.13 Å². The lowest BCUT2D eigenvalue weighted by Gasteiger charge is -2.50. The molecule has 13 nitrogen and oxygen atoms in total. The summed E-state index contributed by atoms with van der Waals surface area (Å²) >= 11 is 2.47. The Morgan fingerprint density at radius 1 is 1.45 bits per heavy atom. The van der Waals surface area contributed by atoms with E-state index in [4.69, 9.17) is 10.6 Å². The molecule has 3 aromatic rings. The fourth-order valence-electron chi connectivity index (χ4n) is 4.25. The van der Waals surface area contributed by atoms with Gasteiger partial charge in [0.05, 0.1) is 22.9 Å². The van der Waals surface area contributed by atoms with Crippen LogP contribution in [0, 0.1) is 6.92 Å². The number of nitrogen functional groups attached to an aromatic ring is 1. The predicted octanol–water partition coefficient (Wildman–Crippen LogP) is -0.834. The number of pyridine rings is 1. The third-order valence-corrected chi connectivity index (χ3v) is 7.94. The van der Waals surface area contributed by atoms with E-state index in [2.05, 4.69) is 25.7 Å². The van der Waals surface area contributed by atoms with Gasteiger partial charge in [0.1, 0.15) is 24.2 Å². The van der Waals surface area contributed by atoms with Crippen molar-refractivity contribution in [1.82, 2.24) is 25.4 Å². The first-order chi connectivity index (χ1) is 18.3. The van der Waals surface area contributed by atoms with E-state index in [9.17, 15) is 19.5 Å². The maximum atomic E-state index is 13.1. The number of carbonyl (C=O) groups excluding carboxylic acids is 3. The number of hydrogen-bond donors (Lipinski definition) is 3. The topological polar surface area (TPSA) is 183 Å². The molecule has 0 unspecified atom stereocenters. The predicted molar refractivity (Wildman–Crippen MR) is 136 cm³/mol. The van der Waals surface area contributed by atoms with Gasteiger partial charge < -0.3 is 25.8 Å². The van der Waals surface area contributed by atoms with Crippen LogP contribution >= 0.6 is 23.1 Å². The number of oxime groups is 1. The van der Waals surface area contributed by atoms with Crippen LogP contribution in [0.15, 0.2) is 52.4 Å². The number of aryl methyl sites for hydroxylation is 1. The van der Waals surface area contributed by atoms with Gasteiger partial charge in [0.15, 0.2) is 29.8 Å². The van der Waals surface area contributed by atoms with Crippen molar-refractivity contribution in [1.29, 1.82) is 0 Å². The SMILES string of the molecule is CO/N=C(/C(=O)N[C@@H]1C(=O)N2C(C(=O)[O-])=C(C[n+]3cccc(-c4cc(C)[nH]n4)c3)CS[C@H]12)c1csc(N)n1. The number of nitrogens with zero attached hydrogens (tertiary/aromatic N) is 5. The number of hydrogen-bond acceptors (Lipinski definition) is 11. The van der Waals surface area contributed by atoms with Crippen LogP contribution in [0.25, 0.3) is 11.3 Å². The molecular weight excluding hydrogens is 532 g/mol. The molecule has 15 heteroatoms. The van der Waals surface area contributed by atoms with Crippen LogP contribution in [-0.2, 0) is 25.8 Å². The Bertz CT molecular complexity index is 1500. The Labute approximate surface area is 224 Å². The molecule has 2 aliphatic rings. The van der Waals surface area contributed by atoms with Crippen molar-refractivity contribution in [2.75, 3.05) is 18.6 Å². The van der Waals surface area contributed by atoms with Crippen LogP contribution in [0.5, 0.6) is 0 Å². The lowest BCUT2D eigenvalue weighted by molar-refractivity contribution is -0.688. The highest BCUT2D eigenvalue weighted by atomic mass is 32.2. The zero-order valence-corrected chi connectivity index (χ0v) is 21.8. The van der Waals surface area contributed by atoms with Gasteiger partial charge in [-0.2, -0.15) is 5.10 Å². The number of nitrogens with one attached hydrogen (secondary N) is 2. The number of amides is 2. The number of anilines is 1. The molecule has 2 aliphatic heterocycles. The second-order valence-corrected chi connectivity index (χ2v) is 10.5. The molecule has 1 fully saturated rings. The van der Waals surface area contributed by atoms with Crippen LogP contribution in [0.1, 0.15) is 11.4 Å². The summed E-state index contributed by atoms with van der Waals surface area (Å²) in [6, 6.07) is 4.69. The average Bonchev–Trinajstić information content (AvgIpc) is 3.53. The zero-order chi connectivity index (χ0) is 27.0. The van der Waals surface area contributed by atoms with Crippen molar-refractivity contribution in [3.8, 4) is 11.3 Å². The van der Waals surface area contributed by atoms with Gasteiger partial charge in [-0.1, -0.05) is 5.16 Å². The van der Waals surface area contributed by atoms with Crippen LogP contribution in [0.3, 0.4) is 0 Å². The van der Waals surface area contributed by atoms with E-state index < -0.39 is 29.2 Å². The van der Waals surface area contributed by atoms with E-state index in [-0.39, 0.29) is 28.8 Å². The van der Waals surface area contributed by atoms with Gasteiger partial charge in [-0.15, -0.1) is 23.1 Å². The number of β-lactam (4-membered cyclic amide) rings is 1. The first-order valence-corrected chi connectivity index (χ1v) is 13.2. The summed E-state index contributed by atoms with van der Waals surface area (Å²) in [5.74, 6) is -2.39. The smallest absolute Gasteiger partial charge is 0.276 e. The normalized spacial score (nSPS) is 19.2. The third-order valence-electron chi connectivity index (χ3n) is 5.92. The summed E-state index contributed by atoms with van der Waals surface area (Å²) in [6.07, 6.45) is 3.66. The molecule has 38 heavy (non-hydrogen) atoms. The van der Waals surface area contributed by atoms with Crippen molar-refractivity contribution >= 4 is 51.7 Å². The Morgan fingerprint density at radius 2 is 2.26 bits per heavy atom. The highest BCUT2D eigenvalue weighted by Crippen LogP contribution is 2.40. The number of H-pyrrole nitrogens is 1. The largest absolute Gasteiger partial charge is 0.543 e. The molecule has 0 radical (unpaired) electrons. The van der Waals surface area contributed by atoms with E-state index in [1.807, 2.05) is 42.1 Å². The molecule has 5 heterocycles. The van der Waals surface area contributed by atoms with E-state index in [0.717, 1.165) is 28.3 Å². The van der Waals surface area contributed by atoms with E-state index in [1.165, 1.54) is 23.8 Å². The number of carboxylic acids is 1. The number of nitrogens with two attached hydrogens (primary N) is 1. The van der Waals surface area contributed by atoms with E-state index >= 15 is 0 Å². The number of carbonyl (C=O) groups is 3. The highest BCUT2D eigenvalue weighted by Gasteiger charge is 2.53. The summed E-state index contributed by atoms with van der Waals surface area (Å²) in [7, 11) is 1.28. The van der Waals surface area contributed by atoms with Crippen molar-refractivity contribution in [3.63, 3.8) is 0 Å². The first-order valence-electron chi connectivity index (χ1n) is 11.3. The average molecular weight is 555 g/mol. The van der Waals surface area contributed by atoms with Crippen LogP contribution in [-0.4, -0.2) is 67.9 Å². The Kier molecular flexibility index (Phi) is 6.86. The minimum absolute atomic E-state index is 0.146. The molecule has 0 saturated carbocycles. The lowest BCUT2D eigenvalue weighted by Crippen LogP contribution is -2.71. The van der Waals surface area contributed by atoms with Gasteiger partial charge in [0.25, 0.3) is 11.8 Å². The molecule has 1 saturated heterocycles. The number of aromatic amines is 1. The van der Waals surface area contributed by atoms with Gasteiger partial charge in [0.2, 0.25) is 0 Å². The van der Waals surface area contributed by atoms with E-state index in [1.54, 1.807) is 5.38 Å². The molecule has 3 aromatic heterocycles. The van der Waals surface area contributed by atoms with Gasteiger partial charge >= 0.3 is 0 Å². The third kappa shape index (κ3) is 4.72. The number of thioether (sulfide) groups is 1. The second kappa shape index (κ2) is 10.3. The summed E-state index contributed by atoms with van der Waals surface area (Å²) in [5.41, 5.74) is 8.58. The highest BCUT2D eigenvalue weighted by molar-refractivity contribution is 8.00.